The number of hydroxylamine groups is 2. The number of aliphatic hydroxyl groups is 1. The zero-order valence-electron chi connectivity index (χ0n) is 18.5. The van der Waals surface area contributed by atoms with Gasteiger partial charge in [0, 0.05) is 12.1 Å². The number of rotatable bonds is 7. The Morgan fingerprint density at radius 1 is 1.28 bits per heavy atom. The van der Waals surface area contributed by atoms with Crippen LogP contribution < -0.4 is 5.32 Å². The Kier molecular flexibility index (Phi) is 6.07. The fourth-order valence-electron chi connectivity index (χ4n) is 4.07. The summed E-state index contributed by atoms with van der Waals surface area (Å²) in [5.74, 6) is 0. The molecule has 2 aliphatic rings. The Bertz CT molecular complexity index is 971. The summed E-state index contributed by atoms with van der Waals surface area (Å²) in [5, 5.41) is 18.6. The zero-order chi connectivity index (χ0) is 22.9. The van der Waals surface area contributed by atoms with Crippen molar-refractivity contribution in [1.82, 2.24) is 25.1 Å². The highest BCUT2D eigenvalue weighted by Gasteiger charge is 2.50. The number of hydrogen-bond donors (Lipinski definition) is 2. The van der Waals surface area contributed by atoms with Gasteiger partial charge in [-0.2, -0.15) is 10.2 Å². The number of amides is 3. The molecule has 2 N–H and O–H groups in total. The topological polar surface area (TPSA) is 109 Å². The molecular formula is C22H29N5O5. The molecule has 2 unspecified atom stereocenters. The predicted octanol–water partition coefficient (Wildman–Crippen LogP) is 2.37. The van der Waals surface area contributed by atoms with Crippen LogP contribution in [0, 0.1) is 0 Å². The maximum Gasteiger partial charge on any atom is 0.407 e. The molecule has 0 saturated carbocycles. The van der Waals surface area contributed by atoms with Crippen molar-refractivity contribution in [2.45, 2.75) is 51.6 Å². The van der Waals surface area contributed by atoms with E-state index < -0.39 is 17.7 Å². The van der Waals surface area contributed by atoms with Crippen molar-refractivity contribution < 1.29 is 24.3 Å². The minimum absolute atomic E-state index is 0.233. The molecule has 1 aromatic heterocycles. The number of carbonyl (C=O) groups is 2. The lowest BCUT2D eigenvalue weighted by Crippen LogP contribution is -2.38. The monoisotopic (exact) mass is 443 g/mol. The van der Waals surface area contributed by atoms with Gasteiger partial charge in [0.15, 0.2) is 0 Å². The molecule has 10 heteroatoms. The fourth-order valence-corrected chi connectivity index (χ4v) is 4.07. The third kappa shape index (κ3) is 4.42. The van der Waals surface area contributed by atoms with Gasteiger partial charge < -0.3 is 20.1 Å². The second kappa shape index (κ2) is 8.79. The summed E-state index contributed by atoms with van der Waals surface area (Å²) in [7, 11) is 0. The first-order valence-electron chi connectivity index (χ1n) is 10.7. The Morgan fingerprint density at radius 3 is 2.72 bits per heavy atom. The lowest BCUT2D eigenvalue weighted by molar-refractivity contribution is -0.141. The number of nitrogens with zero attached hydrogens (tertiary/aromatic N) is 4. The van der Waals surface area contributed by atoms with Crippen LogP contribution in [0.3, 0.4) is 0 Å². The van der Waals surface area contributed by atoms with Gasteiger partial charge in [-0.1, -0.05) is 30.3 Å². The second-order valence-corrected chi connectivity index (χ2v) is 8.87. The first kappa shape index (κ1) is 22.1. The summed E-state index contributed by atoms with van der Waals surface area (Å²) < 4.78 is 6.97. The van der Waals surface area contributed by atoms with Crippen LogP contribution in [0.1, 0.15) is 49.7 Å². The number of hydrogen-bond acceptors (Lipinski definition) is 6. The van der Waals surface area contributed by atoms with Crippen LogP contribution in [-0.4, -0.2) is 62.3 Å². The number of fused-ring (bicyclic) bond motifs is 4. The molecule has 3 amide bonds. The van der Waals surface area contributed by atoms with Crippen molar-refractivity contribution >= 4 is 12.1 Å². The SMILES string of the molecule is CC(C)(C)OC(=O)NCCn1ncc2c1C(CO)N1CC2N(OCc2ccccc2)C1=O. The Balaban J connectivity index is 1.47. The van der Waals surface area contributed by atoms with E-state index in [4.69, 9.17) is 9.57 Å². The van der Waals surface area contributed by atoms with Crippen LogP contribution in [0.15, 0.2) is 36.5 Å². The van der Waals surface area contributed by atoms with Crippen LogP contribution in [-0.2, 0) is 22.7 Å². The zero-order valence-corrected chi connectivity index (χ0v) is 18.5. The molecule has 2 aliphatic heterocycles. The van der Waals surface area contributed by atoms with E-state index in [1.807, 2.05) is 30.3 Å². The van der Waals surface area contributed by atoms with E-state index in [1.54, 1.807) is 36.5 Å². The molecular weight excluding hydrogens is 414 g/mol. The van der Waals surface area contributed by atoms with Gasteiger partial charge in [0.05, 0.1) is 37.6 Å². The maximum atomic E-state index is 13.0. The first-order valence-corrected chi connectivity index (χ1v) is 10.7. The lowest BCUT2D eigenvalue weighted by Gasteiger charge is -2.30. The number of nitrogens with one attached hydrogen (secondary N) is 1. The predicted molar refractivity (Wildman–Crippen MR) is 114 cm³/mol. The van der Waals surface area contributed by atoms with Crippen LogP contribution in [0.2, 0.25) is 0 Å². The maximum absolute atomic E-state index is 13.0. The van der Waals surface area contributed by atoms with Crippen molar-refractivity contribution in [1.29, 1.82) is 0 Å². The Labute approximate surface area is 186 Å². The standard InChI is InChI=1S/C22H29N5O5/c1-22(2,3)32-20(29)23-9-10-26-19-16(11-24-26)17-12-25(18(19)13-28)21(30)27(17)31-14-15-7-5-4-6-8-15/h4-8,11,17-18,28H,9-10,12-14H2,1-3H3,(H,23,29). The molecule has 1 saturated heterocycles. The van der Waals surface area contributed by atoms with E-state index in [-0.39, 0.29) is 25.3 Å². The average Bonchev–Trinajstić information content (AvgIpc) is 3.28. The fraction of sp³-hybridized carbons (Fsp3) is 0.500. The molecule has 1 fully saturated rings. The van der Waals surface area contributed by atoms with E-state index in [2.05, 4.69) is 10.4 Å². The van der Waals surface area contributed by atoms with Crippen molar-refractivity contribution in [3.05, 3.63) is 53.3 Å². The largest absolute Gasteiger partial charge is 0.444 e. The normalized spacial score (nSPS) is 19.8. The Morgan fingerprint density at radius 2 is 2.03 bits per heavy atom. The molecule has 3 heterocycles. The number of aliphatic hydroxyl groups excluding tert-OH is 1. The highest BCUT2D eigenvalue weighted by Crippen LogP contribution is 2.43. The van der Waals surface area contributed by atoms with Gasteiger partial charge in [-0.05, 0) is 26.3 Å². The van der Waals surface area contributed by atoms with Gasteiger partial charge in [0.25, 0.3) is 0 Å². The van der Waals surface area contributed by atoms with Gasteiger partial charge in [0.2, 0.25) is 0 Å². The third-order valence-corrected chi connectivity index (χ3v) is 5.43. The van der Waals surface area contributed by atoms with E-state index in [1.165, 1.54) is 5.06 Å². The molecule has 10 nitrogen and oxygen atoms in total. The van der Waals surface area contributed by atoms with E-state index in [9.17, 15) is 14.7 Å². The molecule has 0 aliphatic carbocycles. The van der Waals surface area contributed by atoms with Crippen LogP contribution in [0.25, 0.3) is 0 Å². The van der Waals surface area contributed by atoms with Gasteiger partial charge >= 0.3 is 12.1 Å². The van der Waals surface area contributed by atoms with Crippen molar-refractivity contribution in [3.8, 4) is 0 Å². The summed E-state index contributed by atoms with van der Waals surface area (Å²) >= 11 is 0. The van der Waals surface area contributed by atoms with E-state index in [0.717, 1.165) is 16.8 Å². The third-order valence-electron chi connectivity index (χ3n) is 5.43. The summed E-state index contributed by atoms with van der Waals surface area (Å²) in [4.78, 5) is 32.4. The molecule has 0 spiro atoms. The van der Waals surface area contributed by atoms with Crippen molar-refractivity contribution in [2.24, 2.45) is 0 Å². The number of urea groups is 1. The molecule has 0 radical (unpaired) electrons. The molecule has 2 atom stereocenters. The summed E-state index contributed by atoms with van der Waals surface area (Å²) in [6.07, 6.45) is 1.21. The Hall–Kier alpha value is -3.11. The van der Waals surface area contributed by atoms with Crippen molar-refractivity contribution in [2.75, 3.05) is 19.7 Å². The quantitative estimate of drug-likeness (QED) is 0.680. The summed E-state index contributed by atoms with van der Waals surface area (Å²) in [5.41, 5.74) is 1.98. The molecule has 2 bridgehead atoms. The molecule has 2 aromatic rings. The smallest absolute Gasteiger partial charge is 0.407 e. The lowest BCUT2D eigenvalue weighted by atomic mass is 9.98. The number of carbonyl (C=O) groups excluding carboxylic acids is 2. The van der Waals surface area contributed by atoms with E-state index in [0.29, 0.717) is 19.6 Å². The molecule has 32 heavy (non-hydrogen) atoms. The summed E-state index contributed by atoms with van der Waals surface area (Å²) in [6, 6.07) is 8.52. The van der Waals surface area contributed by atoms with Crippen LogP contribution in [0.4, 0.5) is 9.59 Å². The number of benzene rings is 1. The van der Waals surface area contributed by atoms with Crippen molar-refractivity contribution in [3.63, 3.8) is 0 Å². The highest BCUT2D eigenvalue weighted by molar-refractivity contribution is 5.78. The van der Waals surface area contributed by atoms with Crippen LogP contribution >= 0.6 is 0 Å². The average molecular weight is 444 g/mol. The second-order valence-electron chi connectivity index (χ2n) is 8.87. The number of alkyl carbamates (subject to hydrolysis) is 1. The minimum atomic E-state index is -0.576. The molecule has 4 rings (SSSR count). The van der Waals surface area contributed by atoms with Crippen LogP contribution in [0.5, 0.6) is 0 Å². The van der Waals surface area contributed by atoms with Gasteiger partial charge in [-0.3, -0.25) is 9.52 Å². The van der Waals surface area contributed by atoms with E-state index >= 15 is 0 Å². The van der Waals surface area contributed by atoms with Gasteiger partial charge in [0.1, 0.15) is 18.2 Å². The molecule has 1 aromatic carbocycles. The van der Waals surface area contributed by atoms with Gasteiger partial charge in [-0.25, -0.2) is 9.59 Å². The number of aromatic nitrogens is 2. The summed E-state index contributed by atoms with van der Waals surface area (Å²) in [6.45, 7) is 6.54. The molecule has 172 valence electrons. The number of ether oxygens (including phenoxy) is 1. The highest BCUT2D eigenvalue weighted by atomic mass is 16.7. The first-order chi connectivity index (χ1) is 15.3. The minimum Gasteiger partial charge on any atom is -0.444 e. The van der Waals surface area contributed by atoms with Gasteiger partial charge in [-0.15, -0.1) is 0 Å².